The maximum absolute atomic E-state index is 6.01. The monoisotopic (exact) mass is 390 g/mol. The maximum Gasteiger partial charge on any atom is 0.161 e. The second kappa shape index (κ2) is 8.68. The third-order valence-electron chi connectivity index (χ3n) is 4.25. The minimum atomic E-state index is 0. The summed E-state index contributed by atoms with van der Waals surface area (Å²) in [5, 5.41) is 1.91. The summed E-state index contributed by atoms with van der Waals surface area (Å²) in [4.78, 5) is 4.53. The number of hydrogen-bond acceptors (Lipinski definition) is 6. The minimum Gasteiger partial charge on any atom is -0.493 e. The van der Waals surface area contributed by atoms with E-state index in [0.717, 1.165) is 22.0 Å². The zero-order chi connectivity index (χ0) is 18.7. The molecule has 0 saturated carbocycles. The molecule has 27 heavy (non-hydrogen) atoms. The lowest BCUT2D eigenvalue weighted by Gasteiger charge is -2.13. The first-order valence-electron chi connectivity index (χ1n) is 8.11. The number of pyridine rings is 1. The van der Waals surface area contributed by atoms with E-state index in [1.54, 1.807) is 28.4 Å². The van der Waals surface area contributed by atoms with Crippen molar-refractivity contribution >= 4 is 29.0 Å². The Kier molecular flexibility index (Phi) is 6.58. The molecule has 6 nitrogen and oxygen atoms in total. The fourth-order valence-electron chi connectivity index (χ4n) is 2.99. The highest BCUT2D eigenvalue weighted by molar-refractivity contribution is 5.90. The Morgan fingerprint density at radius 2 is 1.37 bits per heavy atom. The Hall–Kier alpha value is -2.86. The number of methoxy groups -OCH3 is 4. The van der Waals surface area contributed by atoms with E-state index in [2.05, 4.69) is 4.98 Å². The lowest BCUT2D eigenvalue weighted by Crippen LogP contribution is -2.01. The molecule has 144 valence electrons. The SMILES string of the molecule is COc1ccc(Cc2nc(N)cc3cc(OC)c(OC)cc23)cc1OC.Cl. The Bertz CT molecular complexity index is 947. The van der Waals surface area contributed by atoms with E-state index < -0.39 is 0 Å². The number of nitrogen functional groups attached to an aromatic ring is 1. The summed E-state index contributed by atoms with van der Waals surface area (Å²) in [5.41, 5.74) is 7.91. The average molecular weight is 391 g/mol. The zero-order valence-corrected chi connectivity index (χ0v) is 16.6. The molecule has 2 N–H and O–H groups in total. The summed E-state index contributed by atoms with van der Waals surface area (Å²) in [5.74, 6) is 3.13. The van der Waals surface area contributed by atoms with Crippen LogP contribution >= 0.6 is 12.4 Å². The van der Waals surface area contributed by atoms with Crippen molar-refractivity contribution in [2.75, 3.05) is 34.2 Å². The van der Waals surface area contributed by atoms with Gasteiger partial charge in [-0.2, -0.15) is 0 Å². The fourth-order valence-corrected chi connectivity index (χ4v) is 2.99. The standard InChI is InChI=1S/C20H22N2O4.ClH/c1-23-16-6-5-12(8-17(16)24-2)7-15-14-11-19(26-4)18(25-3)9-13(14)10-20(21)22-15;/h5-6,8-11H,7H2,1-4H3,(H2,21,22);1H. The van der Waals surface area contributed by atoms with Gasteiger partial charge in [-0.1, -0.05) is 6.07 Å². The van der Waals surface area contributed by atoms with Crippen molar-refractivity contribution in [3.05, 3.63) is 47.7 Å². The van der Waals surface area contributed by atoms with Crippen LogP contribution in [0.3, 0.4) is 0 Å². The summed E-state index contributed by atoms with van der Waals surface area (Å²) in [7, 11) is 6.46. The predicted molar refractivity (Wildman–Crippen MR) is 109 cm³/mol. The van der Waals surface area contributed by atoms with Crippen LogP contribution in [0.1, 0.15) is 11.3 Å². The van der Waals surface area contributed by atoms with Crippen LogP contribution in [0.4, 0.5) is 5.82 Å². The predicted octanol–water partition coefficient (Wildman–Crippen LogP) is 3.86. The van der Waals surface area contributed by atoms with Crippen LogP contribution in [0.15, 0.2) is 36.4 Å². The van der Waals surface area contributed by atoms with Gasteiger partial charge in [0.05, 0.1) is 34.1 Å². The largest absolute Gasteiger partial charge is 0.493 e. The van der Waals surface area contributed by atoms with Gasteiger partial charge in [0.2, 0.25) is 0 Å². The molecule has 0 aliphatic rings. The number of hydrogen-bond donors (Lipinski definition) is 1. The second-order valence-corrected chi connectivity index (χ2v) is 5.79. The van der Waals surface area contributed by atoms with Crippen molar-refractivity contribution < 1.29 is 18.9 Å². The number of benzene rings is 2. The van der Waals surface area contributed by atoms with Crippen LogP contribution in [0.25, 0.3) is 10.8 Å². The molecule has 0 aliphatic carbocycles. The van der Waals surface area contributed by atoms with Crippen LogP contribution in [0.2, 0.25) is 0 Å². The van der Waals surface area contributed by atoms with E-state index in [1.165, 1.54) is 0 Å². The molecule has 0 amide bonds. The van der Waals surface area contributed by atoms with E-state index in [-0.39, 0.29) is 12.4 Å². The molecule has 0 aliphatic heterocycles. The lowest BCUT2D eigenvalue weighted by molar-refractivity contribution is 0.354. The molecule has 1 heterocycles. The zero-order valence-electron chi connectivity index (χ0n) is 15.7. The van der Waals surface area contributed by atoms with Gasteiger partial charge in [-0.15, -0.1) is 12.4 Å². The van der Waals surface area contributed by atoms with Crippen LogP contribution in [-0.4, -0.2) is 33.4 Å². The van der Waals surface area contributed by atoms with Crippen LogP contribution in [0.5, 0.6) is 23.0 Å². The number of aromatic nitrogens is 1. The lowest BCUT2D eigenvalue weighted by atomic mass is 10.0. The van der Waals surface area contributed by atoms with Crippen molar-refractivity contribution in [3.8, 4) is 23.0 Å². The third kappa shape index (κ3) is 4.11. The Morgan fingerprint density at radius 1 is 0.778 bits per heavy atom. The molecule has 0 bridgehead atoms. The first-order chi connectivity index (χ1) is 12.6. The van der Waals surface area contributed by atoms with E-state index in [4.69, 9.17) is 24.7 Å². The van der Waals surface area contributed by atoms with Crippen LogP contribution in [0, 0.1) is 0 Å². The molecular weight excluding hydrogens is 368 g/mol. The smallest absolute Gasteiger partial charge is 0.161 e. The van der Waals surface area contributed by atoms with Gasteiger partial charge in [0.25, 0.3) is 0 Å². The number of nitrogens with two attached hydrogens (primary N) is 1. The highest BCUT2D eigenvalue weighted by Gasteiger charge is 2.13. The van der Waals surface area contributed by atoms with Crippen molar-refractivity contribution in [3.63, 3.8) is 0 Å². The Labute approximate surface area is 164 Å². The first kappa shape index (κ1) is 20.5. The van der Waals surface area contributed by atoms with Gasteiger partial charge in [-0.25, -0.2) is 4.98 Å². The van der Waals surface area contributed by atoms with Gasteiger partial charge < -0.3 is 24.7 Å². The summed E-state index contributed by atoms with van der Waals surface area (Å²) in [6, 6.07) is 11.5. The summed E-state index contributed by atoms with van der Waals surface area (Å²) in [6.45, 7) is 0. The molecule has 0 atom stereocenters. The summed E-state index contributed by atoms with van der Waals surface area (Å²) < 4.78 is 21.5. The molecule has 0 fully saturated rings. The quantitative estimate of drug-likeness (QED) is 0.688. The topological polar surface area (TPSA) is 75.8 Å². The molecular formula is C20H23ClN2O4. The average Bonchev–Trinajstić information content (AvgIpc) is 2.66. The number of halogens is 1. The van der Waals surface area contributed by atoms with Gasteiger partial charge in [-0.05, 0) is 41.3 Å². The minimum absolute atomic E-state index is 0. The Morgan fingerprint density at radius 3 is 2.00 bits per heavy atom. The normalized spacial score (nSPS) is 10.2. The molecule has 0 saturated heterocycles. The van der Waals surface area contributed by atoms with E-state index in [1.807, 2.05) is 36.4 Å². The van der Waals surface area contributed by atoms with E-state index in [9.17, 15) is 0 Å². The third-order valence-corrected chi connectivity index (χ3v) is 4.25. The number of ether oxygens (including phenoxy) is 4. The second-order valence-electron chi connectivity index (χ2n) is 5.79. The van der Waals surface area contributed by atoms with Gasteiger partial charge >= 0.3 is 0 Å². The highest BCUT2D eigenvalue weighted by Crippen LogP contribution is 2.35. The number of nitrogens with zero attached hydrogens (tertiary/aromatic N) is 1. The number of fused-ring (bicyclic) bond motifs is 1. The summed E-state index contributed by atoms with van der Waals surface area (Å²) in [6.07, 6.45) is 0.595. The molecule has 3 rings (SSSR count). The van der Waals surface area contributed by atoms with Crippen molar-refractivity contribution in [2.45, 2.75) is 6.42 Å². The van der Waals surface area contributed by atoms with Gasteiger partial charge in [-0.3, -0.25) is 0 Å². The van der Waals surface area contributed by atoms with Gasteiger partial charge in [0.15, 0.2) is 23.0 Å². The van der Waals surface area contributed by atoms with Crippen molar-refractivity contribution in [2.24, 2.45) is 0 Å². The molecule has 1 aromatic heterocycles. The van der Waals surface area contributed by atoms with Gasteiger partial charge in [0, 0.05) is 11.8 Å². The first-order valence-corrected chi connectivity index (χ1v) is 8.11. The van der Waals surface area contributed by atoms with E-state index in [0.29, 0.717) is 35.2 Å². The molecule has 0 radical (unpaired) electrons. The molecule has 0 unspecified atom stereocenters. The van der Waals surface area contributed by atoms with Crippen LogP contribution < -0.4 is 24.7 Å². The van der Waals surface area contributed by atoms with Gasteiger partial charge in [0.1, 0.15) is 5.82 Å². The molecule has 0 spiro atoms. The number of rotatable bonds is 6. The fraction of sp³-hybridized carbons (Fsp3) is 0.250. The number of anilines is 1. The molecule has 7 heteroatoms. The maximum atomic E-state index is 6.01. The highest BCUT2D eigenvalue weighted by atomic mass is 35.5. The van der Waals surface area contributed by atoms with Crippen molar-refractivity contribution in [1.82, 2.24) is 4.98 Å². The molecule has 3 aromatic rings. The summed E-state index contributed by atoms with van der Waals surface area (Å²) >= 11 is 0. The van der Waals surface area contributed by atoms with Crippen molar-refractivity contribution in [1.29, 1.82) is 0 Å². The van der Waals surface area contributed by atoms with E-state index >= 15 is 0 Å². The molecule has 2 aromatic carbocycles. The Balaban J connectivity index is 0.00000261. The van der Waals surface area contributed by atoms with Crippen LogP contribution in [-0.2, 0) is 6.42 Å².